The molecule has 0 aliphatic heterocycles. The third kappa shape index (κ3) is 2.44. The average molecular weight is 255 g/mol. The fourth-order valence-electron chi connectivity index (χ4n) is 1.41. The second-order valence-electron chi connectivity index (χ2n) is 3.75. The molecule has 1 rings (SSSR count). The van der Waals surface area contributed by atoms with Crippen LogP contribution >= 0.6 is 15.9 Å². The Morgan fingerprint density at radius 3 is 2.57 bits per heavy atom. The summed E-state index contributed by atoms with van der Waals surface area (Å²) in [6.07, 6.45) is 1.57. The van der Waals surface area contributed by atoms with E-state index >= 15 is 0 Å². The van der Waals surface area contributed by atoms with Crippen molar-refractivity contribution >= 4 is 22.2 Å². The molecule has 0 saturated heterocycles. The first kappa shape index (κ1) is 11.4. The Hall–Kier alpha value is -0.630. The van der Waals surface area contributed by atoms with Crippen molar-refractivity contribution in [3.05, 3.63) is 33.3 Å². The van der Waals surface area contributed by atoms with Gasteiger partial charge in [0.1, 0.15) is 6.29 Å². The summed E-state index contributed by atoms with van der Waals surface area (Å²) < 4.78 is 1.13. The summed E-state index contributed by atoms with van der Waals surface area (Å²) in [4.78, 5) is 10.4. The van der Waals surface area contributed by atoms with Gasteiger partial charge in [-0.05, 0) is 42.5 Å². The van der Waals surface area contributed by atoms with Gasteiger partial charge in [0, 0.05) is 10.9 Å². The van der Waals surface area contributed by atoms with E-state index in [1.54, 1.807) is 0 Å². The molecule has 2 heteroatoms. The van der Waals surface area contributed by atoms with E-state index in [9.17, 15) is 4.79 Å². The van der Waals surface area contributed by atoms with Crippen molar-refractivity contribution in [2.24, 2.45) is 0 Å². The van der Waals surface area contributed by atoms with Crippen molar-refractivity contribution in [1.82, 2.24) is 0 Å². The Balaban J connectivity index is 3.05. The zero-order valence-corrected chi connectivity index (χ0v) is 10.4. The Morgan fingerprint density at radius 2 is 2.07 bits per heavy atom. The lowest BCUT2D eigenvalue weighted by Gasteiger charge is -2.12. The molecule has 0 aromatic heterocycles. The van der Waals surface area contributed by atoms with Gasteiger partial charge < -0.3 is 4.79 Å². The van der Waals surface area contributed by atoms with Crippen molar-refractivity contribution in [1.29, 1.82) is 0 Å². The van der Waals surface area contributed by atoms with E-state index in [1.165, 1.54) is 16.7 Å². The van der Waals surface area contributed by atoms with Gasteiger partial charge >= 0.3 is 0 Å². The standard InChI is InChI=1S/C12H15BrO/c1-8(4-5-14)11-6-9(2)10(3)12(13)7-11/h5-8H,4H2,1-3H3. The van der Waals surface area contributed by atoms with E-state index in [4.69, 9.17) is 0 Å². The van der Waals surface area contributed by atoms with Crippen LogP contribution in [0.5, 0.6) is 0 Å². The van der Waals surface area contributed by atoms with Crippen LogP contribution < -0.4 is 0 Å². The molecule has 1 aromatic rings. The first-order valence-electron chi connectivity index (χ1n) is 4.76. The summed E-state index contributed by atoms with van der Waals surface area (Å²) >= 11 is 3.53. The molecule has 0 spiro atoms. The summed E-state index contributed by atoms with van der Waals surface area (Å²) in [6.45, 7) is 6.26. The molecule has 1 atom stereocenters. The Kier molecular flexibility index (Phi) is 3.87. The maximum Gasteiger partial charge on any atom is 0.120 e. The molecule has 0 amide bonds. The SMILES string of the molecule is Cc1cc(C(C)CC=O)cc(Br)c1C. The normalized spacial score (nSPS) is 12.6. The van der Waals surface area contributed by atoms with Gasteiger partial charge in [-0.25, -0.2) is 0 Å². The molecule has 0 radical (unpaired) electrons. The zero-order chi connectivity index (χ0) is 10.7. The van der Waals surface area contributed by atoms with E-state index in [1.807, 2.05) is 0 Å². The van der Waals surface area contributed by atoms with Crippen LogP contribution in [0.25, 0.3) is 0 Å². The minimum absolute atomic E-state index is 0.308. The first-order chi connectivity index (χ1) is 6.56. The van der Waals surface area contributed by atoms with Crippen molar-refractivity contribution in [3.63, 3.8) is 0 Å². The molecule has 76 valence electrons. The van der Waals surface area contributed by atoms with Crippen molar-refractivity contribution in [3.8, 4) is 0 Å². The molecule has 0 fully saturated rings. The van der Waals surface area contributed by atoms with Gasteiger partial charge in [0.25, 0.3) is 0 Å². The summed E-state index contributed by atoms with van der Waals surface area (Å²) in [6, 6.07) is 4.27. The minimum Gasteiger partial charge on any atom is -0.303 e. The van der Waals surface area contributed by atoms with Gasteiger partial charge in [-0.1, -0.05) is 28.9 Å². The molecule has 0 heterocycles. The largest absolute Gasteiger partial charge is 0.303 e. The highest BCUT2D eigenvalue weighted by atomic mass is 79.9. The van der Waals surface area contributed by atoms with E-state index in [0.717, 1.165) is 10.8 Å². The Morgan fingerprint density at radius 1 is 1.43 bits per heavy atom. The van der Waals surface area contributed by atoms with E-state index in [0.29, 0.717) is 12.3 Å². The highest BCUT2D eigenvalue weighted by Gasteiger charge is 2.08. The van der Waals surface area contributed by atoms with E-state index < -0.39 is 0 Å². The minimum atomic E-state index is 0.308. The fraction of sp³-hybridized carbons (Fsp3) is 0.417. The molecule has 0 bridgehead atoms. The number of benzene rings is 1. The van der Waals surface area contributed by atoms with E-state index in [2.05, 4.69) is 48.8 Å². The number of hydrogen-bond donors (Lipinski definition) is 0. The van der Waals surface area contributed by atoms with Crippen LogP contribution in [0.1, 0.15) is 36.0 Å². The predicted molar refractivity (Wildman–Crippen MR) is 62.7 cm³/mol. The number of carbonyl (C=O) groups excluding carboxylic acids is 1. The highest BCUT2D eigenvalue weighted by Crippen LogP contribution is 2.27. The van der Waals surface area contributed by atoms with Crippen LogP contribution in [0.2, 0.25) is 0 Å². The number of aldehydes is 1. The monoisotopic (exact) mass is 254 g/mol. The molecular formula is C12H15BrO. The van der Waals surface area contributed by atoms with E-state index in [-0.39, 0.29) is 0 Å². The second-order valence-corrected chi connectivity index (χ2v) is 4.60. The second kappa shape index (κ2) is 4.74. The Bertz CT molecular complexity index is 321. The third-order valence-corrected chi connectivity index (χ3v) is 3.47. The van der Waals surface area contributed by atoms with Crippen LogP contribution in [0.4, 0.5) is 0 Å². The first-order valence-corrected chi connectivity index (χ1v) is 5.55. The molecule has 14 heavy (non-hydrogen) atoms. The third-order valence-electron chi connectivity index (χ3n) is 2.65. The summed E-state index contributed by atoms with van der Waals surface area (Å²) in [7, 11) is 0. The van der Waals surface area contributed by atoms with Gasteiger partial charge in [-0.2, -0.15) is 0 Å². The lowest BCUT2D eigenvalue weighted by atomic mass is 9.95. The van der Waals surface area contributed by atoms with Gasteiger partial charge in [-0.3, -0.25) is 0 Å². The van der Waals surface area contributed by atoms with Crippen molar-refractivity contribution < 1.29 is 4.79 Å². The highest BCUT2D eigenvalue weighted by molar-refractivity contribution is 9.10. The van der Waals surface area contributed by atoms with Crippen LogP contribution in [0.15, 0.2) is 16.6 Å². The van der Waals surface area contributed by atoms with Crippen LogP contribution in [0.3, 0.4) is 0 Å². The number of carbonyl (C=O) groups is 1. The number of aryl methyl sites for hydroxylation is 1. The summed E-state index contributed by atoms with van der Waals surface area (Å²) in [5, 5.41) is 0. The van der Waals surface area contributed by atoms with Crippen molar-refractivity contribution in [2.45, 2.75) is 33.1 Å². The Labute approximate surface area is 93.7 Å². The van der Waals surface area contributed by atoms with Crippen LogP contribution in [-0.2, 0) is 4.79 Å². The average Bonchev–Trinajstić information content (AvgIpc) is 2.13. The number of hydrogen-bond acceptors (Lipinski definition) is 1. The van der Waals surface area contributed by atoms with Gasteiger partial charge in [0.15, 0.2) is 0 Å². The topological polar surface area (TPSA) is 17.1 Å². The van der Waals surface area contributed by atoms with Crippen molar-refractivity contribution in [2.75, 3.05) is 0 Å². The summed E-state index contributed by atoms with van der Waals surface area (Å²) in [5.41, 5.74) is 3.77. The maximum absolute atomic E-state index is 10.4. The molecule has 0 aliphatic rings. The lowest BCUT2D eigenvalue weighted by molar-refractivity contribution is -0.108. The van der Waals surface area contributed by atoms with Crippen LogP contribution in [0, 0.1) is 13.8 Å². The smallest absolute Gasteiger partial charge is 0.120 e. The number of halogens is 1. The quantitative estimate of drug-likeness (QED) is 0.751. The van der Waals surface area contributed by atoms with Gasteiger partial charge in [0.05, 0.1) is 0 Å². The molecule has 1 unspecified atom stereocenters. The fourth-order valence-corrected chi connectivity index (χ4v) is 1.98. The molecule has 0 saturated carbocycles. The molecule has 0 aliphatic carbocycles. The molecular weight excluding hydrogens is 240 g/mol. The van der Waals surface area contributed by atoms with Crippen LogP contribution in [-0.4, -0.2) is 6.29 Å². The molecule has 1 nitrogen and oxygen atoms in total. The maximum atomic E-state index is 10.4. The predicted octanol–water partition coefficient (Wildman–Crippen LogP) is 3.76. The summed E-state index contributed by atoms with van der Waals surface area (Å²) in [5.74, 6) is 0.308. The lowest BCUT2D eigenvalue weighted by Crippen LogP contribution is -1.96. The molecule has 0 N–H and O–H groups in total. The van der Waals surface area contributed by atoms with Gasteiger partial charge in [0.2, 0.25) is 0 Å². The van der Waals surface area contributed by atoms with Gasteiger partial charge in [-0.15, -0.1) is 0 Å². The molecule has 1 aromatic carbocycles. The number of rotatable bonds is 3. The zero-order valence-electron chi connectivity index (χ0n) is 8.80.